The van der Waals surface area contributed by atoms with Gasteiger partial charge in [-0.25, -0.2) is 13.9 Å². The third kappa shape index (κ3) is 3.20. The Bertz CT molecular complexity index is 853. The molecule has 0 spiro atoms. The molecule has 0 aliphatic carbocycles. The van der Waals surface area contributed by atoms with Crippen LogP contribution in [0.3, 0.4) is 0 Å². The maximum atomic E-state index is 13.1. The smallest absolute Gasteiger partial charge is 0.360 e. The van der Waals surface area contributed by atoms with E-state index in [1.165, 1.54) is 11.0 Å². The van der Waals surface area contributed by atoms with Crippen LogP contribution in [0.1, 0.15) is 23.2 Å². The minimum atomic E-state index is -4.67. The highest BCUT2D eigenvalue weighted by atomic mass is 19.4. The number of rotatable bonds is 2. The van der Waals surface area contributed by atoms with Crippen molar-refractivity contribution in [2.75, 3.05) is 11.4 Å². The molecule has 0 unspecified atom stereocenters. The first kappa shape index (κ1) is 17.0. The van der Waals surface area contributed by atoms with Gasteiger partial charge in [0.2, 0.25) is 0 Å². The number of alkyl halides is 3. The normalized spacial score (nSPS) is 17.6. The first-order valence-corrected chi connectivity index (χ1v) is 7.41. The average molecular weight is 352 g/mol. The van der Waals surface area contributed by atoms with Crippen LogP contribution in [-0.4, -0.2) is 28.3 Å². The van der Waals surface area contributed by atoms with Crippen LogP contribution in [0, 0.1) is 12.4 Å². The van der Waals surface area contributed by atoms with Gasteiger partial charge in [0, 0.05) is 12.2 Å². The number of hydrogen-bond acceptors (Lipinski definition) is 3. The molecule has 5 nitrogen and oxygen atoms in total. The molecule has 1 aromatic heterocycles. The maximum Gasteiger partial charge on any atom is 0.407 e. The Balaban J connectivity index is 1.95. The van der Waals surface area contributed by atoms with Crippen molar-refractivity contribution >= 4 is 17.3 Å². The van der Waals surface area contributed by atoms with E-state index in [2.05, 4.69) is 9.94 Å². The Kier molecular flexibility index (Phi) is 4.20. The lowest BCUT2D eigenvalue weighted by atomic mass is 10.1. The summed E-state index contributed by atoms with van der Waals surface area (Å²) in [6.07, 6.45) is -1.82. The third-order valence-corrected chi connectivity index (χ3v) is 4.05. The second-order valence-corrected chi connectivity index (χ2v) is 5.60. The Morgan fingerprint density at radius 1 is 1.36 bits per heavy atom. The van der Waals surface area contributed by atoms with E-state index in [1.807, 2.05) is 0 Å². The lowest BCUT2D eigenvalue weighted by molar-refractivity contribution is -0.136. The van der Waals surface area contributed by atoms with Crippen molar-refractivity contribution in [3.63, 3.8) is 0 Å². The Hall–Kier alpha value is -2.89. The molecule has 0 amide bonds. The summed E-state index contributed by atoms with van der Waals surface area (Å²) in [6.45, 7) is 7.26. The molecule has 1 atom stereocenters. The van der Waals surface area contributed by atoms with Crippen LogP contribution in [0.4, 0.5) is 28.9 Å². The standard InChI is InChI=1S/C16H12F4N4O/c1-21-13-5-4-11(7-12(13)16(18,19)20)23-6-2-3-14(23)15(25)24-9-10(17)8-22-24/h4-5,7-9,14H,2-3,6H2/t14-/m1/s1. The summed E-state index contributed by atoms with van der Waals surface area (Å²) in [5, 5.41) is 3.62. The van der Waals surface area contributed by atoms with Crippen molar-refractivity contribution in [1.29, 1.82) is 0 Å². The molecule has 1 fully saturated rings. The van der Waals surface area contributed by atoms with Crippen molar-refractivity contribution in [1.82, 2.24) is 9.78 Å². The molecule has 3 rings (SSSR count). The molecule has 1 aromatic carbocycles. The highest BCUT2D eigenvalue weighted by Crippen LogP contribution is 2.40. The molecule has 0 N–H and O–H groups in total. The number of anilines is 1. The number of aromatic nitrogens is 2. The van der Waals surface area contributed by atoms with Crippen molar-refractivity contribution in [3.05, 3.63) is 53.4 Å². The van der Waals surface area contributed by atoms with Gasteiger partial charge in [-0.3, -0.25) is 4.79 Å². The van der Waals surface area contributed by atoms with E-state index < -0.39 is 35.2 Å². The monoisotopic (exact) mass is 352 g/mol. The van der Waals surface area contributed by atoms with E-state index in [4.69, 9.17) is 6.57 Å². The van der Waals surface area contributed by atoms with E-state index in [0.29, 0.717) is 19.4 Å². The van der Waals surface area contributed by atoms with Crippen molar-refractivity contribution in [2.24, 2.45) is 0 Å². The molecule has 1 aliphatic heterocycles. The molecule has 0 radical (unpaired) electrons. The van der Waals surface area contributed by atoms with Crippen LogP contribution >= 0.6 is 0 Å². The largest absolute Gasteiger partial charge is 0.407 e. The predicted octanol–water partition coefficient (Wildman–Crippen LogP) is 3.90. The van der Waals surface area contributed by atoms with Crippen LogP contribution in [-0.2, 0) is 6.18 Å². The highest BCUT2D eigenvalue weighted by molar-refractivity contribution is 5.87. The summed E-state index contributed by atoms with van der Waals surface area (Å²) in [6, 6.07) is 2.62. The van der Waals surface area contributed by atoms with E-state index in [0.717, 1.165) is 29.2 Å². The molecule has 130 valence electrons. The lowest BCUT2D eigenvalue weighted by Crippen LogP contribution is -2.39. The second-order valence-electron chi connectivity index (χ2n) is 5.60. The van der Waals surface area contributed by atoms with Crippen molar-refractivity contribution < 1.29 is 22.4 Å². The second kappa shape index (κ2) is 6.20. The summed E-state index contributed by atoms with van der Waals surface area (Å²) >= 11 is 0. The Morgan fingerprint density at radius 3 is 2.72 bits per heavy atom. The highest BCUT2D eigenvalue weighted by Gasteiger charge is 2.36. The minimum Gasteiger partial charge on any atom is -0.360 e. The first-order valence-electron chi connectivity index (χ1n) is 7.41. The molecule has 1 aliphatic rings. The quantitative estimate of drug-likeness (QED) is 0.608. The molecule has 9 heteroatoms. The van der Waals surface area contributed by atoms with Crippen LogP contribution in [0.2, 0.25) is 0 Å². The van der Waals surface area contributed by atoms with Crippen LogP contribution in [0.5, 0.6) is 0 Å². The van der Waals surface area contributed by atoms with Gasteiger partial charge in [-0.2, -0.15) is 18.3 Å². The first-order chi connectivity index (χ1) is 11.8. The van der Waals surface area contributed by atoms with Gasteiger partial charge >= 0.3 is 6.18 Å². The lowest BCUT2D eigenvalue weighted by Gasteiger charge is -2.26. The van der Waals surface area contributed by atoms with Gasteiger partial charge in [-0.15, -0.1) is 0 Å². The number of benzene rings is 1. The number of hydrogen-bond donors (Lipinski definition) is 0. The number of carbonyl (C=O) groups is 1. The molecule has 25 heavy (non-hydrogen) atoms. The Labute approximate surface area is 140 Å². The zero-order valence-corrected chi connectivity index (χ0v) is 12.8. The minimum absolute atomic E-state index is 0.197. The van der Waals surface area contributed by atoms with E-state index in [-0.39, 0.29) is 5.69 Å². The fourth-order valence-corrected chi connectivity index (χ4v) is 2.93. The zero-order chi connectivity index (χ0) is 18.2. The number of halogens is 4. The van der Waals surface area contributed by atoms with E-state index in [1.54, 1.807) is 0 Å². The molecular formula is C16H12F4N4O. The van der Waals surface area contributed by atoms with Crippen LogP contribution in [0.15, 0.2) is 30.6 Å². The average Bonchev–Trinajstić information content (AvgIpc) is 3.21. The van der Waals surface area contributed by atoms with Gasteiger partial charge < -0.3 is 4.90 Å². The van der Waals surface area contributed by atoms with Gasteiger partial charge in [0.25, 0.3) is 5.91 Å². The van der Waals surface area contributed by atoms with Gasteiger partial charge in [-0.1, -0.05) is 6.07 Å². The molecule has 0 bridgehead atoms. The van der Waals surface area contributed by atoms with Crippen molar-refractivity contribution in [3.8, 4) is 0 Å². The van der Waals surface area contributed by atoms with Gasteiger partial charge in [0.15, 0.2) is 11.5 Å². The topological polar surface area (TPSA) is 42.5 Å². The molecule has 2 heterocycles. The molecule has 0 saturated carbocycles. The summed E-state index contributed by atoms with van der Waals surface area (Å²) in [5.41, 5.74) is -1.33. The Morgan fingerprint density at radius 2 is 2.12 bits per heavy atom. The molecule has 2 aromatic rings. The predicted molar refractivity (Wildman–Crippen MR) is 80.9 cm³/mol. The molecular weight excluding hydrogens is 340 g/mol. The summed E-state index contributed by atoms with van der Waals surface area (Å²) in [7, 11) is 0. The number of nitrogens with zero attached hydrogens (tertiary/aromatic N) is 4. The van der Waals surface area contributed by atoms with Crippen LogP contribution in [0.25, 0.3) is 4.85 Å². The van der Waals surface area contributed by atoms with Gasteiger partial charge in [0.1, 0.15) is 6.04 Å². The fourth-order valence-electron chi connectivity index (χ4n) is 2.93. The summed E-state index contributed by atoms with van der Waals surface area (Å²) < 4.78 is 53.3. The fraction of sp³-hybridized carbons (Fsp3) is 0.312. The van der Waals surface area contributed by atoms with Gasteiger partial charge in [-0.05, 0) is 25.0 Å². The van der Waals surface area contributed by atoms with E-state index in [9.17, 15) is 22.4 Å². The van der Waals surface area contributed by atoms with E-state index >= 15 is 0 Å². The van der Waals surface area contributed by atoms with Crippen molar-refractivity contribution in [2.45, 2.75) is 25.1 Å². The summed E-state index contributed by atoms with van der Waals surface area (Å²) in [5.74, 6) is -1.18. The maximum absolute atomic E-state index is 13.1. The van der Waals surface area contributed by atoms with Gasteiger partial charge in [0.05, 0.1) is 24.5 Å². The number of carbonyl (C=O) groups excluding carboxylic acids is 1. The SMILES string of the molecule is [C-]#[N+]c1ccc(N2CCC[C@@H]2C(=O)n2cc(F)cn2)cc1C(F)(F)F. The third-order valence-electron chi connectivity index (χ3n) is 4.05. The van der Waals surface area contributed by atoms with Crippen LogP contribution < -0.4 is 4.90 Å². The summed E-state index contributed by atoms with van der Waals surface area (Å²) in [4.78, 5) is 16.9. The zero-order valence-electron chi connectivity index (χ0n) is 12.8. The molecule has 1 saturated heterocycles.